The third-order valence-corrected chi connectivity index (χ3v) is 2.21. The number of benzene rings is 1. The summed E-state index contributed by atoms with van der Waals surface area (Å²) in [5.74, 6) is -1.86. The summed E-state index contributed by atoms with van der Waals surface area (Å²) >= 11 is 0. The number of rotatable bonds is 3. The predicted molar refractivity (Wildman–Crippen MR) is 69.5 cm³/mol. The highest BCUT2D eigenvalue weighted by molar-refractivity contribution is 6.39. The average Bonchev–Trinajstić information content (AvgIpc) is 2.94. The molecule has 0 aliphatic heterocycles. The first-order valence-corrected chi connectivity index (χ1v) is 5.58. The minimum Gasteiger partial charge on any atom is -0.463 e. The van der Waals surface area contributed by atoms with E-state index in [9.17, 15) is 14.0 Å². The molecule has 0 unspecified atom stereocenters. The van der Waals surface area contributed by atoms with Gasteiger partial charge in [-0.25, -0.2) is 9.82 Å². The van der Waals surface area contributed by atoms with Crippen LogP contribution < -0.4 is 10.7 Å². The molecule has 6 nitrogen and oxygen atoms in total. The van der Waals surface area contributed by atoms with E-state index >= 15 is 0 Å². The SMILES string of the molecule is O=C(N/N=C\c1ccco1)C(=O)Nc1ccc(F)cc1. The van der Waals surface area contributed by atoms with Crippen LogP contribution in [0.2, 0.25) is 0 Å². The van der Waals surface area contributed by atoms with Crippen LogP contribution in [0.3, 0.4) is 0 Å². The van der Waals surface area contributed by atoms with Crippen molar-refractivity contribution in [3.05, 3.63) is 54.2 Å². The minimum absolute atomic E-state index is 0.307. The standard InChI is InChI=1S/C13H10FN3O3/c14-9-3-5-10(6-4-9)16-12(18)13(19)17-15-8-11-2-1-7-20-11/h1-8H,(H,16,18)(H,17,19)/b15-8-. The summed E-state index contributed by atoms with van der Waals surface area (Å²) in [5.41, 5.74) is 2.34. The Bertz CT molecular complexity index is 621. The first kappa shape index (κ1) is 13.5. The Morgan fingerprint density at radius 1 is 1.15 bits per heavy atom. The number of carbonyl (C=O) groups excluding carboxylic acids is 2. The number of hydrogen-bond donors (Lipinski definition) is 2. The van der Waals surface area contributed by atoms with Crippen LogP contribution in [0.25, 0.3) is 0 Å². The summed E-state index contributed by atoms with van der Waals surface area (Å²) < 4.78 is 17.6. The molecule has 1 aromatic heterocycles. The van der Waals surface area contributed by atoms with Crippen LogP contribution in [0.1, 0.15) is 5.76 Å². The van der Waals surface area contributed by atoms with Gasteiger partial charge < -0.3 is 9.73 Å². The summed E-state index contributed by atoms with van der Waals surface area (Å²) in [6.07, 6.45) is 2.70. The Balaban J connectivity index is 1.86. The Morgan fingerprint density at radius 3 is 2.55 bits per heavy atom. The number of halogens is 1. The van der Waals surface area contributed by atoms with Gasteiger partial charge in [0.1, 0.15) is 11.6 Å². The Hall–Kier alpha value is -2.96. The second-order valence-electron chi connectivity index (χ2n) is 3.68. The van der Waals surface area contributed by atoms with Gasteiger partial charge in [0.25, 0.3) is 0 Å². The van der Waals surface area contributed by atoms with Crippen LogP contribution in [-0.4, -0.2) is 18.0 Å². The molecule has 0 atom stereocenters. The van der Waals surface area contributed by atoms with Gasteiger partial charge in [0, 0.05) is 5.69 Å². The fourth-order valence-electron chi connectivity index (χ4n) is 1.29. The molecule has 2 N–H and O–H groups in total. The molecule has 7 heteroatoms. The third kappa shape index (κ3) is 3.77. The van der Waals surface area contributed by atoms with Crippen LogP contribution in [0, 0.1) is 5.82 Å². The Labute approximate surface area is 113 Å². The van der Waals surface area contributed by atoms with Gasteiger partial charge in [-0.1, -0.05) is 0 Å². The number of anilines is 1. The smallest absolute Gasteiger partial charge is 0.329 e. The molecule has 2 amide bonds. The van der Waals surface area contributed by atoms with Crippen LogP contribution in [0.15, 0.2) is 52.2 Å². The van der Waals surface area contributed by atoms with Crippen molar-refractivity contribution in [2.24, 2.45) is 5.10 Å². The Morgan fingerprint density at radius 2 is 1.90 bits per heavy atom. The second-order valence-corrected chi connectivity index (χ2v) is 3.68. The molecule has 0 radical (unpaired) electrons. The van der Waals surface area contributed by atoms with Gasteiger partial charge in [0.2, 0.25) is 0 Å². The molecule has 0 saturated heterocycles. The van der Waals surface area contributed by atoms with Crippen molar-refractivity contribution in [3.63, 3.8) is 0 Å². The maximum atomic E-state index is 12.7. The number of hydrazone groups is 1. The fourth-order valence-corrected chi connectivity index (χ4v) is 1.29. The highest BCUT2D eigenvalue weighted by atomic mass is 19.1. The molecule has 0 aliphatic carbocycles. The largest absolute Gasteiger partial charge is 0.463 e. The molecule has 0 saturated carbocycles. The molecule has 0 aliphatic rings. The van der Waals surface area contributed by atoms with E-state index in [1.54, 1.807) is 12.1 Å². The van der Waals surface area contributed by atoms with Gasteiger partial charge in [-0.15, -0.1) is 0 Å². The van der Waals surface area contributed by atoms with Crippen LogP contribution in [0.5, 0.6) is 0 Å². The van der Waals surface area contributed by atoms with E-state index < -0.39 is 17.6 Å². The summed E-state index contributed by atoms with van der Waals surface area (Å²) in [5, 5.41) is 5.85. The number of nitrogens with one attached hydrogen (secondary N) is 2. The molecule has 2 aromatic rings. The molecule has 0 spiro atoms. The van der Waals surface area contributed by atoms with E-state index in [0.29, 0.717) is 11.4 Å². The zero-order valence-corrected chi connectivity index (χ0v) is 10.2. The van der Waals surface area contributed by atoms with E-state index in [0.717, 1.165) is 0 Å². The summed E-state index contributed by atoms with van der Waals surface area (Å²) in [6.45, 7) is 0. The van der Waals surface area contributed by atoms with Gasteiger partial charge in [-0.3, -0.25) is 9.59 Å². The zero-order valence-electron chi connectivity index (χ0n) is 10.2. The first-order valence-electron chi connectivity index (χ1n) is 5.58. The van der Waals surface area contributed by atoms with Gasteiger partial charge >= 0.3 is 11.8 Å². The fraction of sp³-hybridized carbons (Fsp3) is 0. The Kier molecular flexibility index (Phi) is 4.23. The summed E-state index contributed by atoms with van der Waals surface area (Å²) in [6, 6.07) is 8.31. The van der Waals surface area contributed by atoms with E-state index in [4.69, 9.17) is 4.42 Å². The maximum Gasteiger partial charge on any atom is 0.329 e. The number of hydrogen-bond acceptors (Lipinski definition) is 4. The normalized spacial score (nSPS) is 10.4. The lowest BCUT2D eigenvalue weighted by Crippen LogP contribution is -2.32. The van der Waals surface area contributed by atoms with Crippen molar-refractivity contribution in [2.75, 3.05) is 5.32 Å². The van der Waals surface area contributed by atoms with Crippen molar-refractivity contribution >= 4 is 23.7 Å². The maximum absolute atomic E-state index is 12.7. The van der Waals surface area contributed by atoms with Crippen LogP contribution >= 0.6 is 0 Å². The van der Waals surface area contributed by atoms with Crippen molar-refractivity contribution in [1.82, 2.24) is 5.43 Å². The third-order valence-electron chi connectivity index (χ3n) is 2.21. The molecule has 1 heterocycles. The molecule has 1 aromatic carbocycles. The molecule has 0 bridgehead atoms. The number of nitrogens with zero attached hydrogens (tertiary/aromatic N) is 1. The molecule has 102 valence electrons. The lowest BCUT2D eigenvalue weighted by molar-refractivity contribution is -0.136. The van der Waals surface area contributed by atoms with E-state index in [1.807, 2.05) is 5.43 Å². The summed E-state index contributed by atoms with van der Waals surface area (Å²) in [7, 11) is 0. The quantitative estimate of drug-likeness (QED) is 0.506. The van der Waals surface area contributed by atoms with E-state index in [2.05, 4.69) is 10.4 Å². The van der Waals surface area contributed by atoms with Gasteiger partial charge in [0.05, 0.1) is 12.5 Å². The number of furan rings is 1. The molecule has 20 heavy (non-hydrogen) atoms. The number of amides is 2. The topological polar surface area (TPSA) is 83.7 Å². The van der Waals surface area contributed by atoms with Crippen molar-refractivity contribution in [3.8, 4) is 0 Å². The average molecular weight is 275 g/mol. The van der Waals surface area contributed by atoms with Gasteiger partial charge in [-0.2, -0.15) is 5.10 Å². The molecular weight excluding hydrogens is 265 g/mol. The predicted octanol–water partition coefficient (Wildman–Crippen LogP) is 1.51. The van der Waals surface area contributed by atoms with Crippen LogP contribution in [0.4, 0.5) is 10.1 Å². The first-order chi connectivity index (χ1) is 9.65. The van der Waals surface area contributed by atoms with Crippen molar-refractivity contribution in [2.45, 2.75) is 0 Å². The van der Waals surface area contributed by atoms with Gasteiger partial charge in [-0.05, 0) is 36.4 Å². The highest BCUT2D eigenvalue weighted by Gasteiger charge is 2.12. The van der Waals surface area contributed by atoms with E-state index in [1.165, 1.54) is 36.7 Å². The monoisotopic (exact) mass is 275 g/mol. The van der Waals surface area contributed by atoms with Crippen molar-refractivity contribution < 1.29 is 18.4 Å². The lowest BCUT2D eigenvalue weighted by atomic mass is 10.3. The highest BCUT2D eigenvalue weighted by Crippen LogP contribution is 2.07. The lowest BCUT2D eigenvalue weighted by Gasteiger charge is -2.03. The van der Waals surface area contributed by atoms with Gasteiger partial charge in [0.15, 0.2) is 0 Å². The van der Waals surface area contributed by atoms with Crippen molar-refractivity contribution in [1.29, 1.82) is 0 Å². The molecular formula is C13H10FN3O3. The summed E-state index contributed by atoms with van der Waals surface area (Å²) in [4.78, 5) is 22.9. The molecule has 0 fully saturated rings. The van der Waals surface area contributed by atoms with Crippen LogP contribution in [-0.2, 0) is 9.59 Å². The second kappa shape index (κ2) is 6.28. The zero-order chi connectivity index (χ0) is 14.4. The minimum atomic E-state index is -0.947. The number of carbonyl (C=O) groups is 2. The molecule has 2 rings (SSSR count). The van der Waals surface area contributed by atoms with E-state index in [-0.39, 0.29) is 0 Å².